The molecule has 256 valence electrons. The SMILES string of the molecule is COC(=O)C(CSC1OC(COC(C)=O)C(OC(C)=O)C(OC(C)=O)C1OC(C)=O)NC(=O)C(NC(=O)OC(C)(C)C)C(C)O. The van der Waals surface area contributed by atoms with Crippen LogP contribution in [0.25, 0.3) is 0 Å². The standard InChI is InChI=1S/C27H42N2O15S/c1-12(30)19(29-26(37)44-27(6,7)8)23(35)28-17(24(36)38-9)11-45-25-22(42-16(5)34)21(41-15(4)33)20(40-14(3)32)18(43-25)10-39-13(2)31/h12,17-22,25,30H,10-11H2,1-9H3,(H,28,35)(H,29,37). The summed E-state index contributed by atoms with van der Waals surface area (Å²) in [5, 5.41) is 14.8. The van der Waals surface area contributed by atoms with Crippen LogP contribution in [-0.4, -0.2) is 120 Å². The van der Waals surface area contributed by atoms with E-state index in [2.05, 4.69) is 10.6 Å². The molecule has 0 aliphatic carbocycles. The lowest BCUT2D eigenvalue weighted by Gasteiger charge is -2.44. The van der Waals surface area contributed by atoms with E-state index in [4.69, 9.17) is 33.2 Å². The molecule has 2 amide bonds. The molecule has 1 saturated heterocycles. The minimum Gasteiger partial charge on any atom is -0.467 e. The highest BCUT2D eigenvalue weighted by Crippen LogP contribution is 2.34. The van der Waals surface area contributed by atoms with Crippen LogP contribution in [0.5, 0.6) is 0 Å². The lowest BCUT2D eigenvalue weighted by Crippen LogP contribution is -2.62. The van der Waals surface area contributed by atoms with Gasteiger partial charge in [-0.15, -0.1) is 11.8 Å². The Morgan fingerprint density at radius 1 is 0.844 bits per heavy atom. The number of rotatable bonds is 13. The first-order chi connectivity index (χ1) is 20.7. The molecular weight excluding hydrogens is 624 g/mol. The van der Waals surface area contributed by atoms with Crippen molar-refractivity contribution in [3.63, 3.8) is 0 Å². The number of methoxy groups -OCH3 is 1. The van der Waals surface area contributed by atoms with E-state index in [9.17, 15) is 38.7 Å². The van der Waals surface area contributed by atoms with Gasteiger partial charge in [0.2, 0.25) is 5.91 Å². The second-order valence-electron chi connectivity index (χ2n) is 10.8. The third-order valence-corrected chi connectivity index (χ3v) is 6.85. The molecule has 18 heteroatoms. The van der Waals surface area contributed by atoms with Crippen LogP contribution in [-0.2, 0) is 61.9 Å². The van der Waals surface area contributed by atoms with Crippen LogP contribution in [0, 0.1) is 0 Å². The van der Waals surface area contributed by atoms with Crippen molar-refractivity contribution in [1.29, 1.82) is 0 Å². The minimum absolute atomic E-state index is 0.314. The van der Waals surface area contributed by atoms with Gasteiger partial charge >= 0.3 is 35.9 Å². The monoisotopic (exact) mass is 666 g/mol. The zero-order chi connectivity index (χ0) is 34.6. The summed E-state index contributed by atoms with van der Waals surface area (Å²) in [5.74, 6) is -5.36. The predicted octanol–water partition coefficient (Wildman–Crippen LogP) is -0.265. The van der Waals surface area contributed by atoms with Crippen molar-refractivity contribution >= 4 is 53.6 Å². The fraction of sp³-hybridized carbons (Fsp3) is 0.741. The molecule has 0 aromatic heterocycles. The van der Waals surface area contributed by atoms with Gasteiger partial charge in [0.15, 0.2) is 18.3 Å². The Morgan fingerprint density at radius 2 is 1.38 bits per heavy atom. The summed E-state index contributed by atoms with van der Waals surface area (Å²) >= 11 is 0.811. The molecule has 1 aliphatic rings. The van der Waals surface area contributed by atoms with Crippen molar-refractivity contribution in [2.45, 2.75) is 109 Å². The molecule has 1 rings (SSSR count). The largest absolute Gasteiger partial charge is 0.467 e. The number of nitrogens with one attached hydrogen (secondary N) is 2. The van der Waals surface area contributed by atoms with E-state index in [-0.39, 0.29) is 5.75 Å². The normalized spacial score (nSPS) is 23.2. The van der Waals surface area contributed by atoms with Gasteiger partial charge in [0.1, 0.15) is 35.8 Å². The average Bonchev–Trinajstić information content (AvgIpc) is 2.88. The maximum absolute atomic E-state index is 13.1. The summed E-state index contributed by atoms with van der Waals surface area (Å²) in [6.45, 7) is 9.93. The van der Waals surface area contributed by atoms with Gasteiger partial charge in [0.25, 0.3) is 0 Å². The number of aliphatic hydroxyl groups is 1. The number of hydrogen-bond donors (Lipinski definition) is 3. The fourth-order valence-electron chi connectivity index (χ4n) is 3.93. The van der Waals surface area contributed by atoms with Crippen molar-refractivity contribution in [2.24, 2.45) is 0 Å². The van der Waals surface area contributed by atoms with Gasteiger partial charge in [-0.25, -0.2) is 9.59 Å². The van der Waals surface area contributed by atoms with Gasteiger partial charge in [-0.1, -0.05) is 0 Å². The molecule has 1 aliphatic heterocycles. The maximum Gasteiger partial charge on any atom is 0.408 e. The number of thioether (sulfide) groups is 1. The number of esters is 5. The molecule has 1 heterocycles. The quantitative estimate of drug-likeness (QED) is 0.170. The summed E-state index contributed by atoms with van der Waals surface area (Å²) in [6, 6.07) is -2.95. The fourth-order valence-corrected chi connectivity index (χ4v) is 5.15. The van der Waals surface area contributed by atoms with Gasteiger partial charge in [-0.05, 0) is 27.7 Å². The van der Waals surface area contributed by atoms with Gasteiger partial charge in [-0.3, -0.25) is 24.0 Å². The third kappa shape index (κ3) is 13.9. The van der Waals surface area contributed by atoms with Crippen molar-refractivity contribution in [3.05, 3.63) is 0 Å². The van der Waals surface area contributed by atoms with Crippen molar-refractivity contribution in [3.8, 4) is 0 Å². The van der Waals surface area contributed by atoms with Gasteiger partial charge in [0, 0.05) is 33.4 Å². The summed E-state index contributed by atoms with van der Waals surface area (Å²) < 4.78 is 37.1. The lowest BCUT2D eigenvalue weighted by atomic mass is 9.99. The predicted molar refractivity (Wildman–Crippen MR) is 153 cm³/mol. The maximum atomic E-state index is 13.1. The van der Waals surface area contributed by atoms with Crippen LogP contribution < -0.4 is 10.6 Å². The Balaban J connectivity index is 3.35. The molecule has 3 N–H and O–H groups in total. The topological polar surface area (TPSA) is 228 Å². The van der Waals surface area contributed by atoms with Crippen LogP contribution >= 0.6 is 11.8 Å². The molecule has 8 unspecified atom stereocenters. The van der Waals surface area contributed by atoms with Crippen LogP contribution in [0.3, 0.4) is 0 Å². The summed E-state index contributed by atoms with van der Waals surface area (Å²) in [5.41, 5.74) is -2.15. The molecule has 0 radical (unpaired) electrons. The number of alkyl carbamates (subject to hydrolysis) is 1. The Kier molecular flexibility index (Phi) is 15.5. The molecule has 17 nitrogen and oxygen atoms in total. The van der Waals surface area contributed by atoms with Gasteiger partial charge in [-0.2, -0.15) is 0 Å². The molecule has 0 bridgehead atoms. The van der Waals surface area contributed by atoms with E-state index in [1.54, 1.807) is 20.8 Å². The molecule has 0 spiro atoms. The Hall–Kier alpha value is -3.64. The molecule has 8 atom stereocenters. The number of aliphatic hydroxyl groups excluding tert-OH is 1. The zero-order valence-corrected chi connectivity index (χ0v) is 27.4. The number of carbonyl (C=O) groups excluding carboxylic acids is 7. The highest BCUT2D eigenvalue weighted by Gasteiger charge is 2.52. The van der Waals surface area contributed by atoms with Crippen LogP contribution in [0.1, 0.15) is 55.4 Å². The first-order valence-electron chi connectivity index (χ1n) is 13.7. The van der Waals surface area contributed by atoms with E-state index in [1.165, 1.54) is 6.92 Å². The van der Waals surface area contributed by atoms with Crippen LogP contribution in [0.15, 0.2) is 0 Å². The average molecular weight is 667 g/mol. The Labute approximate surface area is 264 Å². The minimum atomic E-state index is -1.54. The summed E-state index contributed by atoms with van der Waals surface area (Å²) in [7, 11) is 1.06. The van der Waals surface area contributed by atoms with Gasteiger partial charge < -0.3 is 48.9 Å². The van der Waals surface area contributed by atoms with Gasteiger partial charge in [0.05, 0.1) is 13.2 Å². The van der Waals surface area contributed by atoms with E-state index in [1.807, 2.05) is 0 Å². The van der Waals surface area contributed by atoms with Crippen LogP contribution in [0.2, 0.25) is 0 Å². The second-order valence-corrected chi connectivity index (χ2v) is 12.0. The van der Waals surface area contributed by atoms with Crippen molar-refractivity contribution < 1.29 is 71.8 Å². The number of amides is 2. The van der Waals surface area contributed by atoms with Crippen molar-refractivity contribution in [2.75, 3.05) is 19.5 Å². The number of ether oxygens (including phenoxy) is 7. The lowest BCUT2D eigenvalue weighted by molar-refractivity contribution is -0.237. The highest BCUT2D eigenvalue weighted by atomic mass is 32.2. The molecular formula is C27H42N2O15S. The Morgan fingerprint density at radius 3 is 1.84 bits per heavy atom. The summed E-state index contributed by atoms with van der Waals surface area (Å²) in [6.07, 6.45) is -7.87. The highest BCUT2D eigenvalue weighted by molar-refractivity contribution is 7.99. The Bertz CT molecular complexity index is 1090. The van der Waals surface area contributed by atoms with Crippen LogP contribution in [0.4, 0.5) is 4.79 Å². The van der Waals surface area contributed by atoms with E-state index < -0.39 is 102 Å². The molecule has 45 heavy (non-hydrogen) atoms. The third-order valence-electron chi connectivity index (χ3n) is 5.61. The second kappa shape index (κ2) is 17.7. The number of carbonyl (C=O) groups is 7. The molecule has 0 saturated carbocycles. The first kappa shape index (κ1) is 39.4. The first-order valence-corrected chi connectivity index (χ1v) is 14.8. The summed E-state index contributed by atoms with van der Waals surface area (Å²) in [4.78, 5) is 85.6. The van der Waals surface area contributed by atoms with E-state index >= 15 is 0 Å². The smallest absolute Gasteiger partial charge is 0.408 e. The zero-order valence-electron chi connectivity index (χ0n) is 26.6. The molecule has 1 fully saturated rings. The molecule has 0 aromatic rings. The molecule has 0 aromatic carbocycles. The van der Waals surface area contributed by atoms with E-state index in [0.717, 1.165) is 46.6 Å². The number of hydrogen-bond acceptors (Lipinski definition) is 16. The van der Waals surface area contributed by atoms with Crippen molar-refractivity contribution in [1.82, 2.24) is 10.6 Å². The van der Waals surface area contributed by atoms with E-state index in [0.29, 0.717) is 0 Å².